The minimum absolute atomic E-state index is 0.0981. The maximum atomic E-state index is 11.9. The predicted octanol–water partition coefficient (Wildman–Crippen LogP) is 0.0963. The topological polar surface area (TPSA) is 112 Å². The fourth-order valence-corrected chi connectivity index (χ4v) is 2.36. The molecule has 0 aliphatic heterocycles. The fraction of sp³-hybridized carbons (Fsp3) is 0.667. The van der Waals surface area contributed by atoms with Gasteiger partial charge in [-0.1, -0.05) is 25.6 Å². The summed E-state index contributed by atoms with van der Waals surface area (Å²) in [5, 5.41) is 10.8. The van der Waals surface area contributed by atoms with Gasteiger partial charge in [-0.25, -0.2) is 9.47 Å². The first-order chi connectivity index (χ1) is 9.85. The molecule has 8 nitrogen and oxygen atoms in total. The molecule has 0 aromatic carbocycles. The van der Waals surface area contributed by atoms with Crippen molar-refractivity contribution in [1.29, 1.82) is 0 Å². The van der Waals surface area contributed by atoms with E-state index in [4.69, 9.17) is 10.6 Å². The Morgan fingerprint density at radius 2 is 2.10 bits per heavy atom. The number of amides is 1. The molecule has 0 unspecified atom stereocenters. The highest BCUT2D eigenvalue weighted by molar-refractivity contribution is 7.99. The van der Waals surface area contributed by atoms with Gasteiger partial charge in [0.25, 0.3) is 0 Å². The minimum atomic E-state index is -0.638. The number of aryl methyl sites for hydroxylation is 1. The van der Waals surface area contributed by atoms with Crippen molar-refractivity contribution >= 4 is 23.6 Å². The summed E-state index contributed by atoms with van der Waals surface area (Å²) in [6.07, 6.45) is 0.523. The number of nitrogens with zero attached hydrogens (tertiary/aromatic N) is 3. The summed E-state index contributed by atoms with van der Waals surface area (Å²) in [6.45, 7) is 5.65. The summed E-state index contributed by atoms with van der Waals surface area (Å²) in [5.41, 5.74) is 0. The summed E-state index contributed by atoms with van der Waals surface area (Å²) in [4.78, 5) is 23.5. The van der Waals surface area contributed by atoms with Gasteiger partial charge in [-0.3, -0.25) is 4.79 Å². The second-order valence-corrected chi connectivity index (χ2v) is 5.90. The molecule has 9 heteroatoms. The molecule has 3 N–H and O–H groups in total. The molecule has 0 fully saturated rings. The van der Waals surface area contributed by atoms with Crippen molar-refractivity contribution in [3.05, 3.63) is 5.82 Å². The fourth-order valence-electron chi connectivity index (χ4n) is 1.64. The number of nitrogens with one attached hydrogen (secondary N) is 1. The van der Waals surface area contributed by atoms with Gasteiger partial charge in [0.1, 0.15) is 11.9 Å². The van der Waals surface area contributed by atoms with E-state index in [0.717, 1.165) is 11.8 Å². The molecule has 0 saturated carbocycles. The maximum absolute atomic E-state index is 11.9. The van der Waals surface area contributed by atoms with Gasteiger partial charge in [-0.2, -0.15) is 0 Å². The normalized spacial score (nSPS) is 12.2. The zero-order chi connectivity index (χ0) is 16.0. The Morgan fingerprint density at radius 1 is 1.43 bits per heavy atom. The average Bonchev–Trinajstić information content (AvgIpc) is 2.74. The van der Waals surface area contributed by atoms with E-state index in [1.54, 1.807) is 6.92 Å². The van der Waals surface area contributed by atoms with Crippen LogP contribution in [0.2, 0.25) is 0 Å². The van der Waals surface area contributed by atoms with Crippen molar-refractivity contribution in [2.45, 2.75) is 38.4 Å². The third kappa shape index (κ3) is 5.25. The second-order valence-electron chi connectivity index (χ2n) is 4.96. The molecule has 1 rings (SSSR count). The number of esters is 1. The van der Waals surface area contributed by atoms with Gasteiger partial charge in [-0.15, -0.1) is 10.2 Å². The number of carbonyl (C=O) groups is 2. The quantitative estimate of drug-likeness (QED) is 0.417. The van der Waals surface area contributed by atoms with Crippen LogP contribution in [0.4, 0.5) is 0 Å². The summed E-state index contributed by atoms with van der Waals surface area (Å²) in [7, 11) is 1.30. The van der Waals surface area contributed by atoms with E-state index in [2.05, 4.69) is 15.5 Å². The SMILES string of the molecule is COC(=O)[C@H](CC(C)C)NC(=O)CSc1nnc(C)n1N. The van der Waals surface area contributed by atoms with E-state index in [1.165, 1.54) is 11.8 Å². The number of thioether (sulfide) groups is 1. The van der Waals surface area contributed by atoms with E-state index >= 15 is 0 Å². The molecule has 0 saturated heterocycles. The number of carbonyl (C=O) groups excluding carboxylic acids is 2. The molecule has 0 spiro atoms. The first-order valence-corrected chi connectivity index (χ1v) is 7.50. The lowest BCUT2D eigenvalue weighted by molar-refractivity contribution is -0.145. The van der Waals surface area contributed by atoms with Crippen LogP contribution >= 0.6 is 11.8 Å². The second kappa shape index (κ2) is 7.87. The Labute approximate surface area is 127 Å². The zero-order valence-electron chi connectivity index (χ0n) is 12.6. The monoisotopic (exact) mass is 315 g/mol. The van der Waals surface area contributed by atoms with Crippen LogP contribution < -0.4 is 11.2 Å². The van der Waals surface area contributed by atoms with E-state index < -0.39 is 12.0 Å². The number of nitrogens with two attached hydrogens (primary N) is 1. The number of rotatable bonds is 7. The first kappa shape index (κ1) is 17.3. The first-order valence-electron chi connectivity index (χ1n) is 6.52. The molecule has 0 aliphatic rings. The average molecular weight is 315 g/mol. The molecule has 21 heavy (non-hydrogen) atoms. The van der Waals surface area contributed by atoms with Gasteiger partial charge in [-0.05, 0) is 19.3 Å². The van der Waals surface area contributed by atoms with Gasteiger partial charge in [0.2, 0.25) is 11.1 Å². The molecule has 0 bridgehead atoms. The number of hydrogen-bond acceptors (Lipinski definition) is 7. The van der Waals surface area contributed by atoms with E-state index in [0.29, 0.717) is 17.4 Å². The molecule has 0 radical (unpaired) electrons. The maximum Gasteiger partial charge on any atom is 0.328 e. The lowest BCUT2D eigenvalue weighted by Gasteiger charge is -2.18. The number of hydrogen-bond donors (Lipinski definition) is 2. The standard InChI is InChI=1S/C12H21N5O3S/c1-7(2)5-9(11(19)20-4)14-10(18)6-21-12-16-15-8(3)17(12)13/h7,9H,5-6,13H2,1-4H3,(H,14,18)/t9-/m0/s1. The number of ether oxygens (including phenoxy) is 1. The molecular weight excluding hydrogens is 294 g/mol. The molecule has 1 aromatic rings. The van der Waals surface area contributed by atoms with Gasteiger partial charge >= 0.3 is 5.97 Å². The Bertz CT molecular complexity index is 503. The third-order valence-corrected chi connectivity index (χ3v) is 3.64. The van der Waals surface area contributed by atoms with Gasteiger partial charge < -0.3 is 15.9 Å². The molecule has 1 heterocycles. The van der Waals surface area contributed by atoms with Crippen molar-refractivity contribution in [1.82, 2.24) is 20.2 Å². The van der Waals surface area contributed by atoms with Crippen LogP contribution in [0.1, 0.15) is 26.1 Å². The number of methoxy groups -OCH3 is 1. The van der Waals surface area contributed by atoms with Gasteiger partial charge in [0.15, 0.2) is 0 Å². The van der Waals surface area contributed by atoms with Gasteiger partial charge in [0.05, 0.1) is 12.9 Å². The van der Waals surface area contributed by atoms with Crippen LogP contribution in [0.3, 0.4) is 0 Å². The van der Waals surface area contributed by atoms with E-state index in [9.17, 15) is 9.59 Å². The highest BCUT2D eigenvalue weighted by Crippen LogP contribution is 2.14. The largest absolute Gasteiger partial charge is 0.467 e. The highest BCUT2D eigenvalue weighted by atomic mass is 32.2. The van der Waals surface area contributed by atoms with Crippen LogP contribution in [0.5, 0.6) is 0 Å². The molecule has 0 aliphatic carbocycles. The lowest BCUT2D eigenvalue weighted by Crippen LogP contribution is -2.43. The molecular formula is C12H21N5O3S. The number of aromatic nitrogens is 3. The van der Waals surface area contributed by atoms with Crippen molar-refractivity contribution in [2.75, 3.05) is 18.7 Å². The zero-order valence-corrected chi connectivity index (χ0v) is 13.4. The van der Waals surface area contributed by atoms with Crippen molar-refractivity contribution in [2.24, 2.45) is 5.92 Å². The summed E-state index contributed by atoms with van der Waals surface area (Å²) in [5.74, 6) is 5.88. The Kier molecular flexibility index (Phi) is 6.47. The van der Waals surface area contributed by atoms with Crippen LogP contribution in [-0.4, -0.2) is 45.7 Å². The van der Waals surface area contributed by atoms with Crippen LogP contribution in [-0.2, 0) is 14.3 Å². The van der Waals surface area contributed by atoms with Crippen LogP contribution in [0.15, 0.2) is 5.16 Å². The Morgan fingerprint density at radius 3 is 2.57 bits per heavy atom. The molecule has 1 amide bonds. The lowest BCUT2D eigenvalue weighted by atomic mass is 10.0. The van der Waals surface area contributed by atoms with Crippen molar-refractivity contribution in [3.8, 4) is 0 Å². The summed E-state index contributed by atoms with van der Waals surface area (Å²) in [6, 6.07) is -0.638. The molecule has 1 atom stereocenters. The smallest absolute Gasteiger partial charge is 0.328 e. The predicted molar refractivity (Wildman–Crippen MR) is 79.0 cm³/mol. The molecule has 118 valence electrons. The Balaban J connectivity index is 2.54. The van der Waals surface area contributed by atoms with E-state index in [-0.39, 0.29) is 17.6 Å². The van der Waals surface area contributed by atoms with Crippen LogP contribution in [0.25, 0.3) is 0 Å². The van der Waals surface area contributed by atoms with E-state index in [1.807, 2.05) is 13.8 Å². The molecule has 1 aromatic heterocycles. The number of nitrogen functional groups attached to an aromatic ring is 1. The summed E-state index contributed by atoms with van der Waals surface area (Å²) < 4.78 is 6.00. The van der Waals surface area contributed by atoms with Gasteiger partial charge in [0, 0.05) is 0 Å². The van der Waals surface area contributed by atoms with Crippen molar-refractivity contribution in [3.63, 3.8) is 0 Å². The third-order valence-electron chi connectivity index (χ3n) is 2.70. The van der Waals surface area contributed by atoms with Crippen molar-refractivity contribution < 1.29 is 14.3 Å². The Hall–Kier alpha value is -1.77. The van der Waals surface area contributed by atoms with Crippen LogP contribution in [0, 0.1) is 12.8 Å². The minimum Gasteiger partial charge on any atom is -0.467 e. The highest BCUT2D eigenvalue weighted by Gasteiger charge is 2.22. The summed E-state index contributed by atoms with van der Waals surface area (Å²) >= 11 is 1.16.